The molecule has 16 heavy (non-hydrogen) atoms. The standard InChI is InChI=1S/C11H12ClFN2O/c1-14-9-4-5-15(11(9)16)10-3-2-7(12)6-8(10)13/h2-3,6,9,14H,4-5H2,1H3. The summed E-state index contributed by atoms with van der Waals surface area (Å²) >= 11 is 5.66. The van der Waals surface area contributed by atoms with E-state index in [1.54, 1.807) is 13.1 Å². The SMILES string of the molecule is CNC1CCN(c2ccc(Cl)cc2F)C1=O. The number of carbonyl (C=O) groups is 1. The zero-order valence-corrected chi connectivity index (χ0v) is 9.59. The zero-order valence-electron chi connectivity index (χ0n) is 8.84. The summed E-state index contributed by atoms with van der Waals surface area (Å²) in [5.74, 6) is -0.554. The van der Waals surface area contributed by atoms with Crippen LogP contribution in [0.4, 0.5) is 10.1 Å². The first-order valence-corrected chi connectivity index (χ1v) is 5.45. The van der Waals surface area contributed by atoms with Crippen LogP contribution in [0.1, 0.15) is 6.42 Å². The van der Waals surface area contributed by atoms with Crippen LogP contribution in [0.25, 0.3) is 0 Å². The second kappa shape index (κ2) is 4.39. The van der Waals surface area contributed by atoms with E-state index in [9.17, 15) is 9.18 Å². The smallest absolute Gasteiger partial charge is 0.244 e. The molecule has 0 saturated carbocycles. The average Bonchev–Trinajstić information content (AvgIpc) is 2.60. The van der Waals surface area contributed by atoms with Crippen LogP contribution in [0.3, 0.4) is 0 Å². The number of benzene rings is 1. The Kier molecular flexibility index (Phi) is 3.12. The average molecular weight is 243 g/mol. The van der Waals surface area contributed by atoms with E-state index in [-0.39, 0.29) is 11.9 Å². The highest BCUT2D eigenvalue weighted by molar-refractivity contribution is 6.30. The number of amides is 1. The monoisotopic (exact) mass is 242 g/mol. The van der Waals surface area contributed by atoms with Gasteiger partial charge in [-0.1, -0.05) is 11.6 Å². The van der Waals surface area contributed by atoms with E-state index in [1.807, 2.05) is 0 Å². The minimum absolute atomic E-state index is 0.0938. The van der Waals surface area contributed by atoms with E-state index in [0.717, 1.165) is 0 Å². The summed E-state index contributed by atoms with van der Waals surface area (Å²) in [5.41, 5.74) is 0.298. The lowest BCUT2D eigenvalue weighted by Crippen LogP contribution is -2.36. The normalized spacial score (nSPS) is 20.6. The van der Waals surface area contributed by atoms with Crippen molar-refractivity contribution in [2.24, 2.45) is 0 Å². The van der Waals surface area contributed by atoms with Gasteiger partial charge in [0.15, 0.2) is 0 Å². The molecule has 0 aromatic heterocycles. The third-order valence-corrected chi connectivity index (χ3v) is 2.99. The van der Waals surface area contributed by atoms with E-state index in [1.165, 1.54) is 17.0 Å². The predicted molar refractivity (Wildman–Crippen MR) is 61.2 cm³/mol. The van der Waals surface area contributed by atoms with Gasteiger partial charge in [-0.3, -0.25) is 4.79 Å². The number of carbonyl (C=O) groups excluding carboxylic acids is 1. The van der Waals surface area contributed by atoms with Gasteiger partial charge in [0.2, 0.25) is 5.91 Å². The van der Waals surface area contributed by atoms with Gasteiger partial charge in [-0.05, 0) is 31.7 Å². The molecule has 1 aromatic carbocycles. The molecule has 2 rings (SSSR count). The second-order valence-corrected chi connectivity index (χ2v) is 4.15. The lowest BCUT2D eigenvalue weighted by molar-refractivity contribution is -0.118. The van der Waals surface area contributed by atoms with E-state index >= 15 is 0 Å². The van der Waals surface area contributed by atoms with Crippen LogP contribution >= 0.6 is 11.6 Å². The number of hydrogen-bond donors (Lipinski definition) is 1. The molecule has 1 heterocycles. The maximum Gasteiger partial charge on any atom is 0.244 e. The van der Waals surface area contributed by atoms with Gasteiger partial charge in [0, 0.05) is 11.6 Å². The summed E-state index contributed by atoms with van der Waals surface area (Å²) in [7, 11) is 1.73. The summed E-state index contributed by atoms with van der Waals surface area (Å²) in [6.45, 7) is 0.531. The molecule has 1 unspecified atom stereocenters. The number of likely N-dealkylation sites (N-methyl/N-ethyl adjacent to an activating group) is 1. The summed E-state index contributed by atoms with van der Waals surface area (Å²) in [5, 5.41) is 3.24. The second-order valence-electron chi connectivity index (χ2n) is 3.72. The molecule has 86 valence electrons. The number of halogens is 2. The first-order chi connectivity index (χ1) is 7.63. The lowest BCUT2D eigenvalue weighted by atomic mass is 10.2. The van der Waals surface area contributed by atoms with Gasteiger partial charge in [-0.25, -0.2) is 4.39 Å². The van der Waals surface area contributed by atoms with Crippen molar-refractivity contribution in [2.45, 2.75) is 12.5 Å². The number of rotatable bonds is 2. The van der Waals surface area contributed by atoms with E-state index < -0.39 is 5.82 Å². The van der Waals surface area contributed by atoms with Gasteiger partial charge in [0.1, 0.15) is 5.82 Å². The van der Waals surface area contributed by atoms with Gasteiger partial charge in [-0.2, -0.15) is 0 Å². The van der Waals surface area contributed by atoms with Crippen molar-refractivity contribution in [3.63, 3.8) is 0 Å². The molecule has 0 radical (unpaired) electrons. The molecular weight excluding hydrogens is 231 g/mol. The van der Waals surface area contributed by atoms with Crippen molar-refractivity contribution in [3.05, 3.63) is 29.0 Å². The molecule has 1 aliphatic heterocycles. The van der Waals surface area contributed by atoms with Gasteiger partial charge >= 0.3 is 0 Å². The zero-order chi connectivity index (χ0) is 11.7. The molecule has 1 saturated heterocycles. The molecule has 1 amide bonds. The van der Waals surface area contributed by atoms with Crippen LogP contribution in [0.2, 0.25) is 5.02 Å². The van der Waals surface area contributed by atoms with E-state index in [2.05, 4.69) is 5.32 Å². The summed E-state index contributed by atoms with van der Waals surface area (Å²) in [6, 6.07) is 4.12. The minimum atomic E-state index is -0.461. The number of nitrogens with zero attached hydrogens (tertiary/aromatic N) is 1. The van der Waals surface area contributed by atoms with Crippen LogP contribution in [-0.2, 0) is 4.79 Å². The third-order valence-electron chi connectivity index (χ3n) is 2.75. The number of nitrogens with one attached hydrogen (secondary N) is 1. The van der Waals surface area contributed by atoms with Crippen molar-refractivity contribution in [3.8, 4) is 0 Å². The fraction of sp³-hybridized carbons (Fsp3) is 0.364. The van der Waals surface area contributed by atoms with Crippen molar-refractivity contribution >= 4 is 23.2 Å². The molecule has 1 aromatic rings. The maximum atomic E-state index is 13.6. The molecule has 3 nitrogen and oxygen atoms in total. The summed E-state index contributed by atoms with van der Waals surface area (Å²) in [4.78, 5) is 13.3. The van der Waals surface area contributed by atoms with Crippen molar-refractivity contribution in [1.29, 1.82) is 0 Å². The molecule has 5 heteroatoms. The summed E-state index contributed by atoms with van der Waals surface area (Å²) in [6.07, 6.45) is 0.692. The quantitative estimate of drug-likeness (QED) is 0.858. The molecule has 0 aliphatic carbocycles. The first-order valence-electron chi connectivity index (χ1n) is 5.07. The Bertz CT molecular complexity index is 424. The Morgan fingerprint density at radius 2 is 2.31 bits per heavy atom. The van der Waals surface area contributed by atoms with Crippen molar-refractivity contribution in [2.75, 3.05) is 18.5 Å². The van der Waals surface area contributed by atoms with Gasteiger partial charge in [-0.15, -0.1) is 0 Å². The number of anilines is 1. The molecule has 0 bridgehead atoms. The molecule has 1 fully saturated rings. The van der Waals surface area contributed by atoms with E-state index in [0.29, 0.717) is 23.7 Å². The lowest BCUT2D eigenvalue weighted by Gasteiger charge is -2.17. The molecular formula is C11H12ClFN2O. The molecule has 0 spiro atoms. The molecule has 1 atom stereocenters. The minimum Gasteiger partial charge on any atom is -0.309 e. The van der Waals surface area contributed by atoms with Gasteiger partial charge in [0.05, 0.1) is 11.7 Å². The molecule has 1 N–H and O–H groups in total. The van der Waals surface area contributed by atoms with E-state index in [4.69, 9.17) is 11.6 Å². The Balaban J connectivity index is 2.29. The highest BCUT2D eigenvalue weighted by atomic mass is 35.5. The van der Waals surface area contributed by atoms with Gasteiger partial charge in [0.25, 0.3) is 0 Å². The fourth-order valence-electron chi connectivity index (χ4n) is 1.89. The Labute approximate surface area is 98.2 Å². The first kappa shape index (κ1) is 11.4. The highest BCUT2D eigenvalue weighted by Gasteiger charge is 2.32. The van der Waals surface area contributed by atoms with Gasteiger partial charge < -0.3 is 10.2 Å². The Morgan fingerprint density at radius 3 is 2.88 bits per heavy atom. The maximum absolute atomic E-state index is 13.6. The third kappa shape index (κ3) is 1.90. The topological polar surface area (TPSA) is 32.3 Å². The fourth-order valence-corrected chi connectivity index (χ4v) is 2.05. The van der Waals surface area contributed by atoms with Crippen LogP contribution < -0.4 is 10.2 Å². The Morgan fingerprint density at radius 1 is 1.56 bits per heavy atom. The van der Waals surface area contributed by atoms with Crippen LogP contribution in [0.5, 0.6) is 0 Å². The highest BCUT2D eigenvalue weighted by Crippen LogP contribution is 2.26. The van der Waals surface area contributed by atoms with Crippen LogP contribution in [0.15, 0.2) is 18.2 Å². The summed E-state index contributed by atoms with van der Waals surface area (Å²) < 4.78 is 13.6. The number of hydrogen-bond acceptors (Lipinski definition) is 2. The molecule has 1 aliphatic rings. The van der Waals surface area contributed by atoms with Crippen LogP contribution in [0, 0.1) is 5.82 Å². The van der Waals surface area contributed by atoms with Crippen LogP contribution in [-0.4, -0.2) is 25.5 Å². The van der Waals surface area contributed by atoms with Crippen molar-refractivity contribution < 1.29 is 9.18 Å². The predicted octanol–water partition coefficient (Wildman–Crippen LogP) is 1.80. The largest absolute Gasteiger partial charge is 0.309 e. The Hall–Kier alpha value is -1.13. The van der Waals surface area contributed by atoms with Crippen molar-refractivity contribution in [1.82, 2.24) is 5.32 Å².